The molecule has 3 N–H and O–H groups in total. The first-order chi connectivity index (χ1) is 8.93. The number of allylic oxidation sites excluding steroid dienone is 3. The van der Waals surface area contributed by atoms with Gasteiger partial charge in [0.2, 0.25) is 0 Å². The molecule has 1 heterocycles. The smallest absolute Gasteiger partial charge is 0.271 e. The molecular weight excluding hydrogens is 247 g/mol. The summed E-state index contributed by atoms with van der Waals surface area (Å²) in [5, 5.41) is 10.5. The van der Waals surface area contributed by atoms with Crippen LogP contribution in [0, 0.1) is 6.92 Å². The molecule has 0 spiro atoms. The van der Waals surface area contributed by atoms with Crippen molar-refractivity contribution in [3.8, 4) is 0 Å². The number of anilines is 1. The molecule has 1 rings (SSSR count). The Labute approximate surface area is 111 Å². The van der Waals surface area contributed by atoms with Gasteiger partial charge in [0.15, 0.2) is 5.69 Å². The van der Waals surface area contributed by atoms with Gasteiger partial charge in [-0.25, -0.2) is 4.39 Å². The van der Waals surface area contributed by atoms with Crippen LogP contribution in [0.3, 0.4) is 0 Å². The van der Waals surface area contributed by atoms with Gasteiger partial charge in [-0.15, -0.1) is 5.10 Å². The predicted molar refractivity (Wildman–Crippen MR) is 72.4 cm³/mol. The van der Waals surface area contributed by atoms with Crippen LogP contribution in [-0.4, -0.2) is 22.6 Å². The molecule has 0 unspecified atom stereocenters. The molecule has 0 saturated carbocycles. The van der Waals surface area contributed by atoms with Gasteiger partial charge >= 0.3 is 0 Å². The summed E-state index contributed by atoms with van der Waals surface area (Å²) in [4.78, 5) is 11.2. The molecule has 0 aliphatic carbocycles. The van der Waals surface area contributed by atoms with Gasteiger partial charge in [-0.05, 0) is 32.9 Å². The molecule has 0 aromatic carbocycles. The van der Waals surface area contributed by atoms with Gasteiger partial charge in [0.1, 0.15) is 5.83 Å². The number of halogens is 1. The molecule has 0 aliphatic rings. The van der Waals surface area contributed by atoms with E-state index in [0.29, 0.717) is 17.9 Å². The van der Waals surface area contributed by atoms with Crippen molar-refractivity contribution in [2.45, 2.75) is 20.8 Å². The fourth-order valence-corrected chi connectivity index (χ4v) is 1.41. The van der Waals surface area contributed by atoms with Crippen LogP contribution in [0.15, 0.2) is 29.6 Å². The first-order valence-corrected chi connectivity index (χ1v) is 5.81. The van der Waals surface area contributed by atoms with Crippen molar-refractivity contribution in [1.29, 1.82) is 0 Å². The maximum Gasteiger partial charge on any atom is 0.271 e. The van der Waals surface area contributed by atoms with E-state index in [1.807, 2.05) is 0 Å². The maximum absolute atomic E-state index is 13.0. The van der Waals surface area contributed by atoms with E-state index in [-0.39, 0.29) is 11.5 Å². The highest BCUT2D eigenvalue weighted by molar-refractivity contribution is 5.96. The van der Waals surface area contributed by atoms with Gasteiger partial charge in [0.25, 0.3) is 5.91 Å². The molecule has 1 amide bonds. The minimum absolute atomic E-state index is 0.0740. The summed E-state index contributed by atoms with van der Waals surface area (Å²) in [5.74, 6) is -0.963. The number of carbonyl (C=O) groups excluding carboxylic acids is 1. The molecule has 102 valence electrons. The predicted octanol–water partition coefficient (Wildman–Crippen LogP) is 2.12. The maximum atomic E-state index is 13.0. The Morgan fingerprint density at radius 1 is 1.53 bits per heavy atom. The lowest BCUT2D eigenvalue weighted by molar-refractivity contribution is 0.0995. The van der Waals surface area contributed by atoms with E-state index in [2.05, 4.69) is 15.5 Å². The minimum atomic E-state index is -0.656. The number of carbonyl (C=O) groups is 1. The van der Waals surface area contributed by atoms with Crippen molar-refractivity contribution in [3.63, 3.8) is 0 Å². The lowest BCUT2D eigenvalue weighted by Gasteiger charge is -2.09. The van der Waals surface area contributed by atoms with E-state index < -0.39 is 5.91 Å². The number of nitrogens with one attached hydrogen (secondary N) is 1. The summed E-state index contributed by atoms with van der Waals surface area (Å²) >= 11 is 0. The highest BCUT2D eigenvalue weighted by Crippen LogP contribution is 2.13. The number of primary amides is 1. The zero-order valence-electron chi connectivity index (χ0n) is 11.2. The summed E-state index contributed by atoms with van der Waals surface area (Å²) in [6.07, 6.45) is 2.79. The Balaban J connectivity index is 2.86. The summed E-state index contributed by atoms with van der Waals surface area (Å²) in [5.41, 5.74) is 7.22. The molecule has 1 aromatic heterocycles. The topological polar surface area (TPSA) is 80.9 Å². The zero-order chi connectivity index (χ0) is 14.4. The van der Waals surface area contributed by atoms with Crippen molar-refractivity contribution in [2.24, 2.45) is 5.73 Å². The van der Waals surface area contributed by atoms with E-state index in [0.717, 1.165) is 5.57 Å². The second kappa shape index (κ2) is 6.63. The number of amides is 1. The highest BCUT2D eigenvalue weighted by atomic mass is 19.1. The average molecular weight is 264 g/mol. The average Bonchev–Trinajstić information content (AvgIpc) is 2.35. The SMILES string of the molecule is CC=C(F)C=C(C)CNc1cc(C)nnc1C(N)=O. The number of aromatic nitrogens is 2. The molecule has 0 atom stereocenters. The van der Waals surface area contributed by atoms with Gasteiger partial charge < -0.3 is 11.1 Å². The van der Waals surface area contributed by atoms with E-state index >= 15 is 0 Å². The third kappa shape index (κ3) is 4.50. The van der Waals surface area contributed by atoms with Gasteiger partial charge in [0, 0.05) is 6.54 Å². The fourth-order valence-electron chi connectivity index (χ4n) is 1.41. The third-order valence-electron chi connectivity index (χ3n) is 2.37. The number of nitrogens with two attached hydrogens (primary N) is 1. The van der Waals surface area contributed by atoms with E-state index in [1.165, 1.54) is 12.2 Å². The Hall–Kier alpha value is -2.24. The van der Waals surface area contributed by atoms with Crippen LogP contribution in [0.1, 0.15) is 30.0 Å². The summed E-state index contributed by atoms with van der Waals surface area (Å²) in [6.45, 7) is 5.53. The Kier molecular flexibility index (Phi) is 5.17. The number of nitrogens with zero attached hydrogens (tertiary/aromatic N) is 2. The molecular formula is C13H17FN4O. The molecule has 1 aromatic rings. The molecule has 0 saturated heterocycles. The zero-order valence-corrected chi connectivity index (χ0v) is 11.2. The van der Waals surface area contributed by atoms with E-state index in [9.17, 15) is 9.18 Å². The van der Waals surface area contributed by atoms with Gasteiger partial charge in [-0.3, -0.25) is 4.79 Å². The van der Waals surface area contributed by atoms with E-state index in [4.69, 9.17) is 5.73 Å². The Morgan fingerprint density at radius 3 is 2.79 bits per heavy atom. The Morgan fingerprint density at radius 2 is 2.21 bits per heavy atom. The molecule has 19 heavy (non-hydrogen) atoms. The normalized spacial score (nSPS) is 12.4. The van der Waals surface area contributed by atoms with Crippen molar-refractivity contribution in [1.82, 2.24) is 10.2 Å². The molecule has 0 radical (unpaired) electrons. The van der Waals surface area contributed by atoms with Crippen LogP contribution in [0.4, 0.5) is 10.1 Å². The molecule has 5 nitrogen and oxygen atoms in total. The minimum Gasteiger partial charge on any atom is -0.379 e. The van der Waals surface area contributed by atoms with Crippen molar-refractivity contribution in [2.75, 3.05) is 11.9 Å². The van der Waals surface area contributed by atoms with Crippen LogP contribution in [-0.2, 0) is 0 Å². The first kappa shape index (κ1) is 14.8. The quantitative estimate of drug-likeness (QED) is 0.798. The van der Waals surface area contributed by atoms with Gasteiger partial charge in [0.05, 0.1) is 11.4 Å². The lowest BCUT2D eigenvalue weighted by Crippen LogP contribution is -2.18. The van der Waals surface area contributed by atoms with Gasteiger partial charge in [-0.2, -0.15) is 5.10 Å². The standard InChI is InChI=1S/C13H17FN4O/c1-4-10(14)5-8(2)7-16-11-6-9(3)17-18-12(11)13(15)19/h4-6H,7H2,1-3H3,(H2,15,19)(H,16,17). The molecule has 6 heteroatoms. The van der Waals surface area contributed by atoms with Crippen LogP contribution >= 0.6 is 0 Å². The second-order valence-corrected chi connectivity index (χ2v) is 4.13. The Bertz CT molecular complexity index is 537. The third-order valence-corrected chi connectivity index (χ3v) is 2.37. The van der Waals surface area contributed by atoms with E-state index in [1.54, 1.807) is 26.8 Å². The van der Waals surface area contributed by atoms with Crippen molar-refractivity contribution < 1.29 is 9.18 Å². The number of hydrogen-bond donors (Lipinski definition) is 2. The summed E-state index contributed by atoms with van der Waals surface area (Å²) < 4.78 is 13.0. The first-order valence-electron chi connectivity index (χ1n) is 5.81. The van der Waals surface area contributed by atoms with Crippen LogP contribution < -0.4 is 11.1 Å². The molecule has 0 bridgehead atoms. The lowest BCUT2D eigenvalue weighted by atomic mass is 10.2. The van der Waals surface area contributed by atoms with Crippen LogP contribution in [0.2, 0.25) is 0 Å². The number of hydrogen-bond acceptors (Lipinski definition) is 4. The summed E-state index contributed by atoms with van der Waals surface area (Å²) in [6, 6.07) is 1.67. The van der Waals surface area contributed by atoms with Crippen LogP contribution in [0.5, 0.6) is 0 Å². The van der Waals surface area contributed by atoms with Crippen LogP contribution in [0.25, 0.3) is 0 Å². The van der Waals surface area contributed by atoms with Gasteiger partial charge in [-0.1, -0.05) is 11.6 Å². The highest BCUT2D eigenvalue weighted by Gasteiger charge is 2.10. The fraction of sp³-hybridized carbons (Fsp3) is 0.308. The van der Waals surface area contributed by atoms with Crippen molar-refractivity contribution in [3.05, 3.63) is 41.0 Å². The summed E-state index contributed by atoms with van der Waals surface area (Å²) in [7, 11) is 0. The largest absolute Gasteiger partial charge is 0.379 e. The van der Waals surface area contributed by atoms with Crippen molar-refractivity contribution >= 4 is 11.6 Å². The molecule has 0 fully saturated rings. The molecule has 0 aliphatic heterocycles. The number of rotatable bonds is 5. The number of aryl methyl sites for hydroxylation is 1. The monoisotopic (exact) mass is 264 g/mol. The second-order valence-electron chi connectivity index (χ2n) is 4.13.